The van der Waals surface area contributed by atoms with Gasteiger partial charge in [0.1, 0.15) is 5.60 Å². The molecule has 4 aliphatic carbocycles. The van der Waals surface area contributed by atoms with Crippen molar-refractivity contribution in [2.45, 2.75) is 68.9 Å². The van der Waals surface area contributed by atoms with Crippen LogP contribution in [-0.4, -0.2) is 36.9 Å². The van der Waals surface area contributed by atoms with Crippen LogP contribution in [0.25, 0.3) is 0 Å². The summed E-state index contributed by atoms with van der Waals surface area (Å²) in [6.45, 7) is 3.56. The highest BCUT2D eigenvalue weighted by Gasteiger charge is 2.53. The number of rotatable bonds is 2. The molecule has 23 heavy (non-hydrogen) atoms. The van der Waals surface area contributed by atoms with Gasteiger partial charge in [-0.2, -0.15) is 0 Å². The van der Waals surface area contributed by atoms with Crippen molar-refractivity contribution in [3.05, 3.63) is 0 Å². The third-order valence-corrected chi connectivity index (χ3v) is 7.52. The summed E-state index contributed by atoms with van der Waals surface area (Å²) in [6, 6.07) is 0. The minimum atomic E-state index is -0.131. The number of piperidine rings is 3. The minimum absolute atomic E-state index is 0. The molecule has 1 amide bonds. The van der Waals surface area contributed by atoms with Gasteiger partial charge in [0.15, 0.2) is 0 Å². The fourth-order valence-electron chi connectivity index (χ4n) is 6.82. The maximum Gasteiger partial charge on any atom is 0.408 e. The molecular formula is C18H29ClN2O2. The molecule has 7 aliphatic rings. The van der Waals surface area contributed by atoms with E-state index in [1.165, 1.54) is 58.2 Å². The fourth-order valence-corrected chi connectivity index (χ4v) is 6.82. The van der Waals surface area contributed by atoms with Crippen LogP contribution in [0.1, 0.15) is 57.8 Å². The molecule has 2 N–H and O–H groups in total. The first kappa shape index (κ1) is 16.0. The van der Waals surface area contributed by atoms with Gasteiger partial charge in [-0.05, 0) is 56.3 Å². The van der Waals surface area contributed by atoms with Crippen molar-refractivity contribution in [2.24, 2.45) is 17.8 Å². The Balaban J connectivity index is 0.00000135. The molecule has 0 aromatic carbocycles. The Morgan fingerprint density at radius 1 is 0.913 bits per heavy atom. The van der Waals surface area contributed by atoms with E-state index >= 15 is 0 Å². The summed E-state index contributed by atoms with van der Waals surface area (Å²) in [6.07, 6.45) is 11.0. The second-order valence-electron chi connectivity index (χ2n) is 9.15. The van der Waals surface area contributed by atoms with Crippen molar-refractivity contribution in [1.82, 2.24) is 5.32 Å². The molecule has 7 fully saturated rings. The largest absolute Gasteiger partial charge is 1.00 e. The monoisotopic (exact) mass is 340 g/mol. The third-order valence-electron chi connectivity index (χ3n) is 7.52. The van der Waals surface area contributed by atoms with E-state index in [4.69, 9.17) is 4.74 Å². The number of quaternary nitrogens is 1. The summed E-state index contributed by atoms with van der Waals surface area (Å²) in [4.78, 5) is 14.3. The lowest BCUT2D eigenvalue weighted by Crippen LogP contribution is -3.16. The number of halogens is 1. The number of alkyl carbamates (subject to hydrolysis) is 1. The molecule has 0 spiro atoms. The number of ether oxygens (including phenoxy) is 1. The van der Waals surface area contributed by atoms with E-state index in [0.717, 1.165) is 37.0 Å². The van der Waals surface area contributed by atoms with E-state index in [1.807, 2.05) is 0 Å². The number of hydrogen-bond donors (Lipinski definition) is 2. The highest BCUT2D eigenvalue weighted by atomic mass is 35.5. The lowest BCUT2D eigenvalue weighted by atomic mass is 9.53. The predicted molar refractivity (Wildman–Crippen MR) is 82.7 cm³/mol. The molecule has 130 valence electrons. The predicted octanol–water partition coefficient (Wildman–Crippen LogP) is -1.49. The quantitative estimate of drug-likeness (QED) is 0.643. The van der Waals surface area contributed by atoms with E-state index in [1.54, 1.807) is 4.90 Å². The van der Waals surface area contributed by atoms with Gasteiger partial charge in [0, 0.05) is 24.8 Å². The van der Waals surface area contributed by atoms with Gasteiger partial charge >= 0.3 is 6.09 Å². The topological polar surface area (TPSA) is 42.8 Å². The Hall–Kier alpha value is -0.480. The average Bonchev–Trinajstić information content (AvgIpc) is 2.46. The van der Waals surface area contributed by atoms with Gasteiger partial charge in [-0.25, -0.2) is 4.79 Å². The Labute approximate surface area is 145 Å². The number of carbonyl (C=O) groups is 1. The van der Waals surface area contributed by atoms with E-state index in [2.05, 4.69) is 5.32 Å². The Morgan fingerprint density at radius 2 is 1.39 bits per heavy atom. The smallest absolute Gasteiger partial charge is 0.408 e. The second-order valence-corrected chi connectivity index (χ2v) is 9.15. The van der Waals surface area contributed by atoms with Crippen molar-refractivity contribution < 1.29 is 26.8 Å². The first-order valence-corrected chi connectivity index (χ1v) is 9.47. The molecule has 4 nitrogen and oxygen atoms in total. The average molecular weight is 341 g/mol. The molecule has 6 bridgehead atoms. The van der Waals surface area contributed by atoms with E-state index in [-0.39, 0.29) is 29.6 Å². The minimum Gasteiger partial charge on any atom is -1.00 e. The molecule has 4 saturated carbocycles. The lowest BCUT2D eigenvalue weighted by Gasteiger charge is -2.56. The molecule has 5 heteroatoms. The molecule has 3 heterocycles. The molecule has 3 saturated heterocycles. The highest BCUT2D eigenvalue weighted by molar-refractivity contribution is 5.69. The van der Waals surface area contributed by atoms with E-state index in [9.17, 15) is 4.79 Å². The Morgan fingerprint density at radius 3 is 1.87 bits per heavy atom. The van der Waals surface area contributed by atoms with Crippen LogP contribution in [0.4, 0.5) is 4.79 Å². The normalized spacial score (nSPS) is 49.6. The number of hydrogen-bond acceptors (Lipinski definition) is 2. The molecule has 0 aromatic rings. The number of carbonyl (C=O) groups excluding carboxylic acids is 1. The van der Waals surface area contributed by atoms with Crippen LogP contribution >= 0.6 is 0 Å². The van der Waals surface area contributed by atoms with Crippen LogP contribution in [0, 0.1) is 17.8 Å². The number of amides is 1. The summed E-state index contributed by atoms with van der Waals surface area (Å²) in [5, 5.41) is 3.38. The second kappa shape index (κ2) is 5.52. The van der Waals surface area contributed by atoms with Crippen LogP contribution in [0.3, 0.4) is 0 Å². The lowest BCUT2D eigenvalue weighted by molar-refractivity contribution is -0.918. The zero-order chi connectivity index (χ0) is 14.8. The molecule has 0 unspecified atom stereocenters. The first-order valence-electron chi connectivity index (χ1n) is 9.47. The first-order chi connectivity index (χ1) is 10.6. The zero-order valence-electron chi connectivity index (χ0n) is 13.9. The third kappa shape index (κ3) is 2.76. The summed E-state index contributed by atoms with van der Waals surface area (Å²) in [7, 11) is 0. The van der Waals surface area contributed by atoms with Gasteiger partial charge in [-0.15, -0.1) is 0 Å². The Bertz CT molecular complexity index is 438. The van der Waals surface area contributed by atoms with Gasteiger partial charge in [-0.3, -0.25) is 0 Å². The fraction of sp³-hybridized carbons (Fsp3) is 0.944. The van der Waals surface area contributed by atoms with Crippen LogP contribution in [0.2, 0.25) is 0 Å². The van der Waals surface area contributed by atoms with Crippen molar-refractivity contribution in [2.75, 3.05) is 19.6 Å². The van der Waals surface area contributed by atoms with Crippen LogP contribution < -0.4 is 22.6 Å². The van der Waals surface area contributed by atoms with Crippen molar-refractivity contribution in [3.8, 4) is 0 Å². The maximum atomic E-state index is 12.6. The molecule has 0 atom stereocenters. The molecule has 0 aromatic heterocycles. The number of nitrogens with one attached hydrogen (secondary N) is 2. The van der Waals surface area contributed by atoms with Gasteiger partial charge in [0.2, 0.25) is 0 Å². The van der Waals surface area contributed by atoms with Gasteiger partial charge in [0.05, 0.1) is 19.6 Å². The summed E-state index contributed by atoms with van der Waals surface area (Å²) in [5.74, 6) is 2.60. The summed E-state index contributed by atoms with van der Waals surface area (Å²) < 4.78 is 6.04. The Kier molecular flexibility index (Phi) is 3.84. The highest BCUT2D eigenvalue weighted by Crippen LogP contribution is 2.55. The molecule has 0 radical (unpaired) electrons. The van der Waals surface area contributed by atoms with E-state index < -0.39 is 0 Å². The molecular weight excluding hydrogens is 312 g/mol. The van der Waals surface area contributed by atoms with Crippen LogP contribution in [-0.2, 0) is 4.74 Å². The summed E-state index contributed by atoms with van der Waals surface area (Å²) in [5.41, 5.74) is -0.0444. The van der Waals surface area contributed by atoms with Gasteiger partial charge in [0.25, 0.3) is 0 Å². The molecule has 3 aliphatic heterocycles. The standard InChI is InChI=1S/C18H28N2O2.ClH/c21-16(22-18-1-4-20(5-2-18)6-3-18)19-17-10-13-7-14(11-17)9-15(8-13)12-17;/h13-15H,1-12H2,(H,19,21);1H. The van der Waals surface area contributed by atoms with Crippen molar-refractivity contribution in [1.29, 1.82) is 0 Å². The summed E-state index contributed by atoms with van der Waals surface area (Å²) >= 11 is 0. The molecule has 7 rings (SSSR count). The van der Waals surface area contributed by atoms with Crippen molar-refractivity contribution >= 4 is 6.09 Å². The van der Waals surface area contributed by atoms with Gasteiger partial charge < -0.3 is 27.4 Å². The number of fused-ring (bicyclic) bond motifs is 3. The van der Waals surface area contributed by atoms with Gasteiger partial charge in [-0.1, -0.05) is 0 Å². The maximum absolute atomic E-state index is 12.6. The SMILES string of the molecule is O=C(NC12CC3CC(CC(C3)C1)C2)OC12CC[NH+](CC1)CC2.[Cl-]. The van der Waals surface area contributed by atoms with E-state index in [0.29, 0.717) is 0 Å². The van der Waals surface area contributed by atoms with Crippen molar-refractivity contribution in [3.63, 3.8) is 0 Å². The van der Waals surface area contributed by atoms with Crippen LogP contribution in [0.5, 0.6) is 0 Å². The zero-order valence-corrected chi connectivity index (χ0v) is 14.7. The van der Waals surface area contributed by atoms with Crippen LogP contribution in [0.15, 0.2) is 0 Å².